The summed E-state index contributed by atoms with van der Waals surface area (Å²) in [6.45, 7) is 3.87. The van der Waals surface area contributed by atoms with Crippen LogP contribution in [-0.4, -0.2) is 42.3 Å². The highest BCUT2D eigenvalue weighted by atomic mass is 35.5. The number of hydrogen-bond donors (Lipinski definition) is 2. The normalized spacial score (nSPS) is 10.4. The topological polar surface area (TPSA) is 78.5 Å². The Kier molecular flexibility index (Phi) is 8.29. The fourth-order valence-electron chi connectivity index (χ4n) is 2.43. The lowest BCUT2D eigenvalue weighted by molar-refractivity contribution is -0.133. The molecule has 0 saturated heterocycles. The van der Waals surface area contributed by atoms with Gasteiger partial charge in [-0.2, -0.15) is 0 Å². The summed E-state index contributed by atoms with van der Waals surface area (Å²) in [6, 6.07) is 8.29. The van der Waals surface area contributed by atoms with E-state index in [0.717, 1.165) is 4.88 Å². The zero-order valence-corrected chi connectivity index (χ0v) is 17.9. The van der Waals surface area contributed by atoms with Gasteiger partial charge >= 0.3 is 0 Å². The summed E-state index contributed by atoms with van der Waals surface area (Å²) < 4.78 is 0. The Hall–Kier alpha value is -2.09. The Morgan fingerprint density at radius 2 is 1.89 bits per heavy atom. The molecule has 0 aliphatic carbocycles. The largest absolute Gasteiger partial charge is 0.342 e. The van der Waals surface area contributed by atoms with Gasteiger partial charge in [0.05, 0.1) is 28.7 Å². The molecule has 9 heteroatoms. The van der Waals surface area contributed by atoms with Gasteiger partial charge in [-0.25, -0.2) is 0 Å². The van der Waals surface area contributed by atoms with E-state index in [9.17, 15) is 14.4 Å². The molecule has 3 amide bonds. The van der Waals surface area contributed by atoms with Crippen molar-refractivity contribution in [3.63, 3.8) is 0 Å². The SMILES string of the molecule is CCCN(CC(=O)Nc1cc(Cl)ccc1Cl)C(=O)CNC(=O)c1ccc(C)s1. The summed E-state index contributed by atoms with van der Waals surface area (Å²) in [4.78, 5) is 39.9. The number of nitrogens with one attached hydrogen (secondary N) is 2. The van der Waals surface area contributed by atoms with Crippen molar-refractivity contribution in [3.8, 4) is 0 Å². The maximum Gasteiger partial charge on any atom is 0.261 e. The van der Waals surface area contributed by atoms with Crippen LogP contribution in [0.25, 0.3) is 0 Å². The molecule has 0 fully saturated rings. The quantitative estimate of drug-likeness (QED) is 0.650. The molecule has 1 aromatic heterocycles. The fourth-order valence-corrected chi connectivity index (χ4v) is 3.55. The molecule has 0 unspecified atom stereocenters. The van der Waals surface area contributed by atoms with E-state index in [1.54, 1.807) is 18.2 Å². The van der Waals surface area contributed by atoms with Crippen LogP contribution in [0.15, 0.2) is 30.3 Å². The van der Waals surface area contributed by atoms with Gasteiger partial charge in [-0.1, -0.05) is 30.1 Å². The van der Waals surface area contributed by atoms with Crippen LogP contribution in [-0.2, 0) is 9.59 Å². The van der Waals surface area contributed by atoms with Crippen molar-refractivity contribution in [2.75, 3.05) is 25.0 Å². The molecule has 28 heavy (non-hydrogen) atoms. The lowest BCUT2D eigenvalue weighted by Crippen LogP contribution is -2.44. The van der Waals surface area contributed by atoms with Gasteiger partial charge in [0.1, 0.15) is 0 Å². The Morgan fingerprint density at radius 3 is 2.54 bits per heavy atom. The number of thiophene rings is 1. The van der Waals surface area contributed by atoms with Crippen molar-refractivity contribution in [3.05, 3.63) is 50.1 Å². The third-order valence-corrected chi connectivity index (χ3v) is 5.31. The molecule has 0 saturated carbocycles. The summed E-state index contributed by atoms with van der Waals surface area (Å²) in [5.74, 6) is -1.04. The zero-order valence-electron chi connectivity index (χ0n) is 15.6. The van der Waals surface area contributed by atoms with Crippen LogP contribution >= 0.6 is 34.5 Å². The average molecular weight is 442 g/mol. The highest BCUT2D eigenvalue weighted by Gasteiger charge is 2.18. The number of benzene rings is 1. The molecule has 150 valence electrons. The molecule has 0 spiro atoms. The van der Waals surface area contributed by atoms with Crippen LogP contribution in [0.3, 0.4) is 0 Å². The summed E-state index contributed by atoms with van der Waals surface area (Å²) >= 11 is 13.3. The van der Waals surface area contributed by atoms with Gasteiger partial charge in [-0.3, -0.25) is 14.4 Å². The van der Waals surface area contributed by atoms with E-state index in [0.29, 0.717) is 33.6 Å². The molecule has 0 aliphatic rings. The Bertz CT molecular complexity index is 870. The van der Waals surface area contributed by atoms with E-state index in [2.05, 4.69) is 10.6 Å². The smallest absolute Gasteiger partial charge is 0.261 e. The first-order chi connectivity index (χ1) is 13.3. The van der Waals surface area contributed by atoms with Crippen LogP contribution in [0.4, 0.5) is 5.69 Å². The summed E-state index contributed by atoms with van der Waals surface area (Å²) in [7, 11) is 0. The molecular formula is C19H21Cl2N3O3S. The number of anilines is 1. The second-order valence-electron chi connectivity index (χ2n) is 6.08. The first-order valence-electron chi connectivity index (χ1n) is 8.67. The zero-order chi connectivity index (χ0) is 20.7. The van der Waals surface area contributed by atoms with Gasteiger partial charge in [-0.05, 0) is 43.7 Å². The molecule has 0 aliphatic heterocycles. The number of nitrogens with zero attached hydrogens (tertiary/aromatic N) is 1. The van der Waals surface area contributed by atoms with Gasteiger partial charge in [-0.15, -0.1) is 11.3 Å². The van der Waals surface area contributed by atoms with E-state index < -0.39 is 5.91 Å². The van der Waals surface area contributed by atoms with E-state index in [-0.39, 0.29) is 24.9 Å². The van der Waals surface area contributed by atoms with Crippen LogP contribution in [0, 0.1) is 6.92 Å². The summed E-state index contributed by atoms with van der Waals surface area (Å²) in [6.07, 6.45) is 0.676. The number of carbonyl (C=O) groups is 3. The molecule has 0 radical (unpaired) electrons. The predicted octanol–water partition coefficient (Wildman–Crippen LogP) is 3.97. The highest BCUT2D eigenvalue weighted by molar-refractivity contribution is 7.13. The molecule has 0 atom stereocenters. The first kappa shape index (κ1) is 22.2. The van der Waals surface area contributed by atoms with Gasteiger partial charge in [0.2, 0.25) is 11.8 Å². The molecule has 6 nitrogen and oxygen atoms in total. The van der Waals surface area contributed by atoms with Crippen molar-refractivity contribution >= 4 is 57.9 Å². The summed E-state index contributed by atoms with van der Waals surface area (Å²) in [5.41, 5.74) is 0.379. The van der Waals surface area contributed by atoms with E-state index >= 15 is 0 Å². The Labute approximate surface area is 177 Å². The van der Waals surface area contributed by atoms with Crippen molar-refractivity contribution < 1.29 is 14.4 Å². The van der Waals surface area contributed by atoms with Crippen LogP contribution < -0.4 is 10.6 Å². The predicted molar refractivity (Wildman–Crippen MR) is 113 cm³/mol. The number of halogens is 2. The third-order valence-electron chi connectivity index (χ3n) is 3.75. The van der Waals surface area contributed by atoms with Gasteiger partial charge in [0.25, 0.3) is 5.91 Å². The molecule has 0 bridgehead atoms. The third kappa shape index (κ3) is 6.51. The molecule has 2 rings (SSSR count). The van der Waals surface area contributed by atoms with Crippen molar-refractivity contribution in [1.29, 1.82) is 0 Å². The number of rotatable bonds is 8. The molecule has 2 N–H and O–H groups in total. The molecule has 2 aromatic rings. The van der Waals surface area contributed by atoms with E-state index in [1.807, 2.05) is 19.9 Å². The highest BCUT2D eigenvalue weighted by Crippen LogP contribution is 2.25. The maximum atomic E-state index is 12.5. The first-order valence-corrected chi connectivity index (χ1v) is 10.2. The number of hydrogen-bond acceptors (Lipinski definition) is 4. The minimum atomic E-state index is -0.397. The lowest BCUT2D eigenvalue weighted by atomic mass is 10.3. The number of carbonyl (C=O) groups excluding carboxylic acids is 3. The average Bonchev–Trinajstić information content (AvgIpc) is 3.08. The van der Waals surface area contributed by atoms with Crippen molar-refractivity contribution in [2.45, 2.75) is 20.3 Å². The molecule has 1 aromatic carbocycles. The van der Waals surface area contributed by atoms with Gasteiger partial charge in [0.15, 0.2) is 0 Å². The second kappa shape index (κ2) is 10.5. The van der Waals surface area contributed by atoms with E-state index in [4.69, 9.17) is 23.2 Å². The van der Waals surface area contributed by atoms with Crippen LogP contribution in [0.5, 0.6) is 0 Å². The number of amides is 3. The minimum Gasteiger partial charge on any atom is -0.342 e. The van der Waals surface area contributed by atoms with E-state index in [1.165, 1.54) is 22.3 Å². The van der Waals surface area contributed by atoms with Crippen molar-refractivity contribution in [2.24, 2.45) is 0 Å². The van der Waals surface area contributed by atoms with Gasteiger partial charge < -0.3 is 15.5 Å². The maximum absolute atomic E-state index is 12.5. The Balaban J connectivity index is 1.93. The standard InChI is InChI=1S/C19H21Cl2N3O3S/c1-3-8-24(11-17(25)23-15-9-13(20)5-6-14(15)21)18(26)10-22-19(27)16-7-4-12(2)28-16/h4-7,9H,3,8,10-11H2,1-2H3,(H,22,27)(H,23,25). The van der Waals surface area contributed by atoms with Crippen LogP contribution in [0.1, 0.15) is 27.9 Å². The molecule has 1 heterocycles. The number of aryl methyl sites for hydroxylation is 1. The summed E-state index contributed by atoms with van der Waals surface area (Å²) in [5, 5.41) is 6.04. The minimum absolute atomic E-state index is 0.149. The fraction of sp³-hybridized carbons (Fsp3) is 0.316. The van der Waals surface area contributed by atoms with Crippen LogP contribution in [0.2, 0.25) is 10.0 Å². The van der Waals surface area contributed by atoms with Crippen molar-refractivity contribution in [1.82, 2.24) is 10.2 Å². The Morgan fingerprint density at radius 1 is 1.14 bits per heavy atom. The second-order valence-corrected chi connectivity index (χ2v) is 8.21. The van der Waals surface area contributed by atoms with Gasteiger partial charge in [0, 0.05) is 16.4 Å². The monoisotopic (exact) mass is 441 g/mol. The lowest BCUT2D eigenvalue weighted by Gasteiger charge is -2.22. The molecular weight excluding hydrogens is 421 g/mol.